The van der Waals surface area contributed by atoms with Gasteiger partial charge in [-0.05, 0) is 30.3 Å². The van der Waals surface area contributed by atoms with E-state index in [1.165, 1.54) is 18.2 Å². The van der Waals surface area contributed by atoms with E-state index in [-0.39, 0.29) is 16.4 Å². The number of aromatic nitrogens is 1. The third-order valence-corrected chi connectivity index (χ3v) is 5.06. The highest BCUT2D eigenvalue weighted by Crippen LogP contribution is 2.30. The lowest BCUT2D eigenvalue weighted by atomic mass is 10.0. The molecule has 4 rings (SSSR count). The van der Waals surface area contributed by atoms with E-state index in [2.05, 4.69) is 10.3 Å². The summed E-state index contributed by atoms with van der Waals surface area (Å²) < 4.78 is 5.29. The van der Waals surface area contributed by atoms with Gasteiger partial charge in [0.25, 0.3) is 11.6 Å². The summed E-state index contributed by atoms with van der Waals surface area (Å²) in [6.07, 6.45) is 0. The summed E-state index contributed by atoms with van der Waals surface area (Å²) in [5.74, 6) is 0.215. The summed E-state index contributed by atoms with van der Waals surface area (Å²) >= 11 is 6.15. The van der Waals surface area contributed by atoms with Crippen LogP contribution in [0.3, 0.4) is 0 Å². The minimum absolute atomic E-state index is 0.157. The number of rotatable bonds is 5. The standard InChI is InChI=1S/C23H16ClN3O4/c1-31-16-6-4-5-14(11-16)21-13-18(17-7-2-3-8-20(17)25-21)23(28)26-22-12-15(27(29)30)9-10-19(22)24/h2-13H,1H3,(H,26,28). The molecule has 1 aromatic heterocycles. The van der Waals surface area contributed by atoms with Gasteiger partial charge in [-0.15, -0.1) is 0 Å². The average molecular weight is 434 g/mol. The third kappa shape index (κ3) is 4.17. The molecule has 31 heavy (non-hydrogen) atoms. The van der Waals surface area contributed by atoms with Crippen molar-refractivity contribution in [2.24, 2.45) is 0 Å². The molecule has 0 aliphatic rings. The predicted octanol–water partition coefficient (Wildman–Crippen LogP) is 5.72. The molecule has 0 aliphatic heterocycles. The van der Waals surface area contributed by atoms with Crippen molar-refractivity contribution >= 4 is 39.8 Å². The molecule has 0 radical (unpaired) electrons. The number of nitro benzene ring substituents is 1. The van der Waals surface area contributed by atoms with Crippen LogP contribution in [0.15, 0.2) is 72.8 Å². The normalized spacial score (nSPS) is 10.6. The van der Waals surface area contributed by atoms with Gasteiger partial charge in [0.1, 0.15) is 5.75 Å². The topological polar surface area (TPSA) is 94.4 Å². The SMILES string of the molecule is COc1cccc(-c2cc(C(=O)Nc3cc([N+](=O)[O-])ccc3Cl)c3ccccc3n2)c1. The van der Waals surface area contributed by atoms with Gasteiger partial charge in [0.2, 0.25) is 0 Å². The van der Waals surface area contributed by atoms with E-state index >= 15 is 0 Å². The van der Waals surface area contributed by atoms with E-state index < -0.39 is 10.8 Å². The summed E-state index contributed by atoms with van der Waals surface area (Å²) in [5.41, 5.74) is 2.37. The van der Waals surface area contributed by atoms with Crippen LogP contribution in [-0.2, 0) is 0 Å². The van der Waals surface area contributed by atoms with Crippen molar-refractivity contribution in [1.29, 1.82) is 0 Å². The average Bonchev–Trinajstić information content (AvgIpc) is 2.79. The maximum Gasteiger partial charge on any atom is 0.271 e. The van der Waals surface area contributed by atoms with Crippen molar-refractivity contribution in [3.05, 3.63) is 93.5 Å². The second-order valence-electron chi connectivity index (χ2n) is 6.68. The third-order valence-electron chi connectivity index (χ3n) is 4.74. The number of halogens is 1. The molecule has 0 spiro atoms. The Hall–Kier alpha value is -3.97. The summed E-state index contributed by atoms with van der Waals surface area (Å²) in [7, 11) is 1.58. The summed E-state index contributed by atoms with van der Waals surface area (Å²) in [4.78, 5) is 28.4. The monoisotopic (exact) mass is 433 g/mol. The molecule has 3 aromatic carbocycles. The van der Waals surface area contributed by atoms with Crippen molar-refractivity contribution in [2.45, 2.75) is 0 Å². The lowest BCUT2D eigenvalue weighted by Gasteiger charge is -2.12. The van der Waals surface area contributed by atoms with Crippen LogP contribution in [0, 0.1) is 10.1 Å². The number of ether oxygens (including phenoxy) is 1. The number of amides is 1. The molecule has 8 heteroatoms. The number of nitrogens with zero attached hydrogens (tertiary/aromatic N) is 2. The van der Waals surface area contributed by atoms with Crippen molar-refractivity contribution < 1.29 is 14.5 Å². The van der Waals surface area contributed by atoms with Gasteiger partial charge in [0, 0.05) is 23.1 Å². The van der Waals surface area contributed by atoms with Crippen molar-refractivity contribution in [3.63, 3.8) is 0 Å². The van der Waals surface area contributed by atoms with Gasteiger partial charge in [-0.25, -0.2) is 4.98 Å². The number of hydrogen-bond donors (Lipinski definition) is 1. The summed E-state index contributed by atoms with van der Waals surface area (Å²) in [5, 5.41) is 14.6. The van der Waals surface area contributed by atoms with Gasteiger partial charge in [-0.2, -0.15) is 0 Å². The molecule has 0 bridgehead atoms. The zero-order chi connectivity index (χ0) is 22.0. The molecule has 0 atom stereocenters. The number of carbonyl (C=O) groups excluding carboxylic acids is 1. The van der Waals surface area contributed by atoms with E-state index in [9.17, 15) is 14.9 Å². The fourth-order valence-corrected chi connectivity index (χ4v) is 3.37. The first-order valence-electron chi connectivity index (χ1n) is 9.26. The Morgan fingerprint density at radius 3 is 2.65 bits per heavy atom. The molecule has 0 saturated carbocycles. The fourth-order valence-electron chi connectivity index (χ4n) is 3.21. The number of para-hydroxylation sites is 1. The van der Waals surface area contributed by atoms with Crippen LogP contribution < -0.4 is 10.1 Å². The molecule has 7 nitrogen and oxygen atoms in total. The van der Waals surface area contributed by atoms with Gasteiger partial charge >= 0.3 is 0 Å². The molecule has 0 saturated heterocycles. The number of non-ortho nitro benzene ring substituents is 1. The zero-order valence-electron chi connectivity index (χ0n) is 16.3. The second kappa shape index (κ2) is 8.41. The molecular weight excluding hydrogens is 418 g/mol. The summed E-state index contributed by atoms with van der Waals surface area (Å²) in [6.45, 7) is 0. The number of fused-ring (bicyclic) bond motifs is 1. The Morgan fingerprint density at radius 1 is 1.06 bits per heavy atom. The Morgan fingerprint density at radius 2 is 1.87 bits per heavy atom. The quantitative estimate of drug-likeness (QED) is 0.320. The van der Waals surface area contributed by atoms with Crippen molar-refractivity contribution in [2.75, 3.05) is 12.4 Å². The number of pyridine rings is 1. The van der Waals surface area contributed by atoms with Gasteiger partial charge in [0.15, 0.2) is 0 Å². The maximum absolute atomic E-state index is 13.2. The van der Waals surface area contributed by atoms with E-state index in [0.29, 0.717) is 27.9 Å². The van der Waals surface area contributed by atoms with Gasteiger partial charge in [-0.1, -0.05) is 41.9 Å². The molecule has 0 aliphatic carbocycles. The molecule has 1 amide bonds. The van der Waals surface area contributed by atoms with Crippen LogP contribution in [0.1, 0.15) is 10.4 Å². The molecule has 1 heterocycles. The van der Waals surface area contributed by atoms with Gasteiger partial charge in [-0.3, -0.25) is 14.9 Å². The van der Waals surface area contributed by atoms with E-state index in [1.807, 2.05) is 42.5 Å². The van der Waals surface area contributed by atoms with E-state index in [0.717, 1.165) is 5.56 Å². The van der Waals surface area contributed by atoms with Crippen LogP contribution >= 0.6 is 11.6 Å². The van der Waals surface area contributed by atoms with Crippen LogP contribution in [0.25, 0.3) is 22.2 Å². The van der Waals surface area contributed by atoms with Crippen LogP contribution in [-0.4, -0.2) is 22.9 Å². The number of carbonyl (C=O) groups is 1. The highest BCUT2D eigenvalue weighted by Gasteiger charge is 2.17. The number of benzene rings is 3. The lowest BCUT2D eigenvalue weighted by molar-refractivity contribution is -0.384. The Bertz CT molecular complexity index is 1320. The van der Waals surface area contributed by atoms with Gasteiger partial charge < -0.3 is 10.1 Å². The smallest absolute Gasteiger partial charge is 0.271 e. The van der Waals surface area contributed by atoms with E-state index in [1.54, 1.807) is 19.2 Å². The van der Waals surface area contributed by atoms with Crippen LogP contribution in [0.4, 0.5) is 11.4 Å². The summed E-state index contributed by atoms with van der Waals surface area (Å²) in [6, 6.07) is 20.2. The van der Waals surface area contributed by atoms with Crippen molar-refractivity contribution in [1.82, 2.24) is 4.98 Å². The Kier molecular flexibility index (Phi) is 5.51. The van der Waals surface area contributed by atoms with Crippen molar-refractivity contribution in [3.8, 4) is 17.0 Å². The Balaban J connectivity index is 1.80. The molecule has 1 N–H and O–H groups in total. The predicted molar refractivity (Wildman–Crippen MR) is 120 cm³/mol. The van der Waals surface area contributed by atoms with Gasteiger partial charge in [0.05, 0.1) is 39.5 Å². The lowest BCUT2D eigenvalue weighted by Crippen LogP contribution is -2.13. The number of anilines is 1. The maximum atomic E-state index is 13.2. The number of hydrogen-bond acceptors (Lipinski definition) is 5. The molecule has 0 fully saturated rings. The highest BCUT2D eigenvalue weighted by molar-refractivity contribution is 6.34. The number of nitro groups is 1. The fraction of sp³-hybridized carbons (Fsp3) is 0.0435. The highest BCUT2D eigenvalue weighted by atomic mass is 35.5. The first-order valence-corrected chi connectivity index (χ1v) is 9.63. The minimum atomic E-state index is -0.547. The first-order chi connectivity index (χ1) is 15.0. The number of nitrogens with one attached hydrogen (secondary N) is 1. The molecule has 154 valence electrons. The van der Waals surface area contributed by atoms with E-state index in [4.69, 9.17) is 16.3 Å². The molecule has 0 unspecified atom stereocenters. The molecular formula is C23H16ClN3O4. The largest absolute Gasteiger partial charge is 0.497 e. The number of methoxy groups -OCH3 is 1. The second-order valence-corrected chi connectivity index (χ2v) is 7.09. The van der Waals surface area contributed by atoms with Crippen LogP contribution in [0.5, 0.6) is 5.75 Å². The van der Waals surface area contributed by atoms with Crippen LogP contribution in [0.2, 0.25) is 5.02 Å². The minimum Gasteiger partial charge on any atom is -0.497 e. The first kappa shape index (κ1) is 20.3. The zero-order valence-corrected chi connectivity index (χ0v) is 17.1. The molecule has 4 aromatic rings. The Labute approximate surface area is 182 Å².